The molecule has 0 atom stereocenters. The van der Waals surface area contributed by atoms with Crippen LogP contribution in [0, 0.1) is 10.1 Å². The molecule has 2 rings (SSSR count). The van der Waals surface area contributed by atoms with Crippen molar-refractivity contribution < 1.29 is 14.8 Å². The van der Waals surface area contributed by atoms with E-state index in [4.69, 9.17) is 0 Å². The first-order valence-electron chi connectivity index (χ1n) is 5.18. The molecular formula is C10H9N5O4. The lowest BCUT2D eigenvalue weighted by Crippen LogP contribution is -2.23. The second kappa shape index (κ2) is 5.12. The van der Waals surface area contributed by atoms with Crippen molar-refractivity contribution in [2.75, 3.05) is 0 Å². The van der Waals surface area contributed by atoms with Crippen molar-refractivity contribution in [2.24, 2.45) is 0 Å². The Balaban J connectivity index is 2.07. The van der Waals surface area contributed by atoms with Crippen LogP contribution in [0.25, 0.3) is 0 Å². The molecule has 1 amide bonds. The van der Waals surface area contributed by atoms with Gasteiger partial charge in [0.1, 0.15) is 12.2 Å². The molecule has 9 heteroatoms. The van der Waals surface area contributed by atoms with Gasteiger partial charge < -0.3 is 10.4 Å². The Bertz CT molecular complexity index is 610. The van der Waals surface area contributed by atoms with Gasteiger partial charge in [0.2, 0.25) is 0 Å². The summed E-state index contributed by atoms with van der Waals surface area (Å²) in [5.41, 5.74) is -0.339. The number of nitro benzene ring substituents is 1. The Morgan fingerprint density at radius 2 is 2.32 bits per heavy atom. The van der Waals surface area contributed by atoms with Crippen molar-refractivity contribution >= 4 is 11.6 Å². The minimum Gasteiger partial charge on any atom is -0.502 e. The van der Waals surface area contributed by atoms with E-state index < -0.39 is 22.3 Å². The molecule has 0 unspecified atom stereocenters. The van der Waals surface area contributed by atoms with Crippen LogP contribution in [0.15, 0.2) is 24.5 Å². The lowest BCUT2D eigenvalue weighted by molar-refractivity contribution is -0.385. The van der Waals surface area contributed by atoms with Gasteiger partial charge in [0.05, 0.1) is 11.5 Å². The summed E-state index contributed by atoms with van der Waals surface area (Å²) in [5.74, 6) is -0.571. The summed E-state index contributed by atoms with van der Waals surface area (Å²) in [6.07, 6.45) is 1.30. The number of hydrogen-bond donors (Lipinski definition) is 3. The Labute approximate surface area is 106 Å². The molecule has 1 aromatic heterocycles. The average Bonchev–Trinajstić information content (AvgIpc) is 2.88. The average molecular weight is 263 g/mol. The molecule has 0 bridgehead atoms. The molecule has 1 aromatic carbocycles. The first-order chi connectivity index (χ1) is 9.08. The topological polar surface area (TPSA) is 134 Å². The van der Waals surface area contributed by atoms with E-state index in [9.17, 15) is 20.0 Å². The molecule has 0 saturated heterocycles. The quantitative estimate of drug-likeness (QED) is 0.538. The van der Waals surface area contributed by atoms with E-state index >= 15 is 0 Å². The molecule has 0 radical (unpaired) electrons. The van der Waals surface area contributed by atoms with Crippen molar-refractivity contribution in [3.05, 3.63) is 46.0 Å². The second-order valence-corrected chi connectivity index (χ2v) is 3.58. The predicted molar refractivity (Wildman–Crippen MR) is 62.3 cm³/mol. The third-order valence-corrected chi connectivity index (χ3v) is 2.32. The normalized spacial score (nSPS) is 10.1. The maximum atomic E-state index is 11.7. The van der Waals surface area contributed by atoms with Crippen LogP contribution in [0.5, 0.6) is 5.75 Å². The molecular weight excluding hydrogens is 254 g/mol. The van der Waals surface area contributed by atoms with Gasteiger partial charge >= 0.3 is 5.69 Å². The van der Waals surface area contributed by atoms with Gasteiger partial charge in [-0.3, -0.25) is 20.0 Å². The summed E-state index contributed by atoms with van der Waals surface area (Å²) in [7, 11) is 0. The van der Waals surface area contributed by atoms with Gasteiger partial charge in [-0.05, 0) is 12.1 Å². The number of phenolic OH excluding ortho intramolecular Hbond substituents is 1. The minimum atomic E-state index is -0.731. The zero-order chi connectivity index (χ0) is 13.8. The molecule has 2 aromatic rings. The standard InChI is InChI=1S/C10H9N5O4/c16-8-3-6(1-2-7(8)15(18)19)10(17)11-4-9-12-5-13-14-9/h1-3,5,16H,4H2,(H,11,17)(H,12,13,14). The van der Waals surface area contributed by atoms with Crippen LogP contribution in [0.4, 0.5) is 5.69 Å². The molecule has 0 saturated carbocycles. The highest BCUT2D eigenvalue weighted by atomic mass is 16.6. The Morgan fingerprint density at radius 3 is 2.89 bits per heavy atom. The van der Waals surface area contributed by atoms with Crippen LogP contribution in [-0.4, -0.2) is 31.1 Å². The monoisotopic (exact) mass is 263 g/mol. The number of H-pyrrole nitrogens is 1. The second-order valence-electron chi connectivity index (χ2n) is 3.58. The number of aromatic nitrogens is 3. The number of carbonyl (C=O) groups excluding carboxylic acids is 1. The molecule has 3 N–H and O–H groups in total. The molecule has 1 heterocycles. The van der Waals surface area contributed by atoms with Crippen LogP contribution in [0.2, 0.25) is 0 Å². The van der Waals surface area contributed by atoms with Crippen molar-refractivity contribution in [3.8, 4) is 5.75 Å². The molecule has 9 nitrogen and oxygen atoms in total. The zero-order valence-electron chi connectivity index (χ0n) is 9.53. The number of amides is 1. The first kappa shape index (κ1) is 12.5. The van der Waals surface area contributed by atoms with Crippen molar-refractivity contribution in [3.63, 3.8) is 0 Å². The molecule has 0 spiro atoms. The number of aromatic hydroxyl groups is 1. The molecule has 0 aliphatic rings. The summed E-state index contributed by atoms with van der Waals surface area (Å²) in [6, 6.07) is 3.36. The number of benzene rings is 1. The van der Waals surface area contributed by atoms with Gasteiger partial charge in [-0.2, -0.15) is 5.10 Å². The smallest absolute Gasteiger partial charge is 0.310 e. The highest BCUT2D eigenvalue weighted by Crippen LogP contribution is 2.26. The largest absolute Gasteiger partial charge is 0.502 e. The molecule has 19 heavy (non-hydrogen) atoms. The van der Waals surface area contributed by atoms with E-state index in [-0.39, 0.29) is 12.1 Å². The van der Waals surface area contributed by atoms with Crippen LogP contribution in [-0.2, 0) is 6.54 Å². The zero-order valence-corrected chi connectivity index (χ0v) is 9.53. The Morgan fingerprint density at radius 1 is 1.53 bits per heavy atom. The van der Waals surface area contributed by atoms with Crippen LogP contribution < -0.4 is 5.32 Å². The fourth-order valence-electron chi connectivity index (χ4n) is 1.40. The van der Waals surface area contributed by atoms with Crippen molar-refractivity contribution in [1.82, 2.24) is 20.5 Å². The predicted octanol–water partition coefficient (Wildman–Crippen LogP) is 0.348. The van der Waals surface area contributed by atoms with E-state index in [2.05, 4.69) is 20.5 Å². The number of carbonyl (C=O) groups is 1. The Kier molecular flexibility index (Phi) is 3.37. The van der Waals surface area contributed by atoms with E-state index in [1.54, 1.807) is 0 Å². The lowest BCUT2D eigenvalue weighted by Gasteiger charge is -2.03. The molecule has 98 valence electrons. The fraction of sp³-hybridized carbons (Fsp3) is 0.100. The fourth-order valence-corrected chi connectivity index (χ4v) is 1.40. The van der Waals surface area contributed by atoms with E-state index in [0.29, 0.717) is 5.82 Å². The maximum Gasteiger partial charge on any atom is 0.310 e. The summed E-state index contributed by atoms with van der Waals surface area (Å²) in [5, 5.41) is 28.6. The van der Waals surface area contributed by atoms with Gasteiger partial charge in [0.15, 0.2) is 5.75 Å². The van der Waals surface area contributed by atoms with E-state index in [0.717, 1.165) is 12.1 Å². The number of nitro groups is 1. The van der Waals surface area contributed by atoms with Gasteiger partial charge in [-0.25, -0.2) is 4.98 Å². The van der Waals surface area contributed by atoms with E-state index in [1.165, 1.54) is 12.4 Å². The number of hydrogen-bond acceptors (Lipinski definition) is 6. The van der Waals surface area contributed by atoms with Gasteiger partial charge in [0.25, 0.3) is 5.91 Å². The lowest BCUT2D eigenvalue weighted by atomic mass is 10.2. The number of nitrogens with one attached hydrogen (secondary N) is 2. The van der Waals surface area contributed by atoms with Crippen molar-refractivity contribution in [2.45, 2.75) is 6.54 Å². The molecule has 0 aliphatic carbocycles. The van der Waals surface area contributed by atoms with Crippen LogP contribution >= 0.6 is 0 Å². The minimum absolute atomic E-state index is 0.114. The van der Waals surface area contributed by atoms with Crippen LogP contribution in [0.1, 0.15) is 16.2 Å². The summed E-state index contributed by atoms with van der Waals surface area (Å²) in [4.78, 5) is 25.3. The SMILES string of the molecule is O=C(NCc1ncn[nH]1)c1ccc([N+](=O)[O-])c(O)c1. The summed E-state index contributed by atoms with van der Waals surface area (Å²) >= 11 is 0. The van der Waals surface area contributed by atoms with E-state index in [1.807, 2.05) is 0 Å². The highest BCUT2D eigenvalue weighted by molar-refractivity contribution is 5.94. The number of phenols is 1. The first-order valence-corrected chi connectivity index (χ1v) is 5.18. The third kappa shape index (κ3) is 2.83. The molecule has 0 fully saturated rings. The number of aromatic amines is 1. The third-order valence-electron chi connectivity index (χ3n) is 2.32. The maximum absolute atomic E-state index is 11.7. The molecule has 0 aliphatic heterocycles. The van der Waals surface area contributed by atoms with Gasteiger partial charge in [0, 0.05) is 11.6 Å². The van der Waals surface area contributed by atoms with Crippen LogP contribution in [0.3, 0.4) is 0 Å². The Hall–Kier alpha value is -2.97. The van der Waals surface area contributed by atoms with Crippen molar-refractivity contribution in [1.29, 1.82) is 0 Å². The highest BCUT2D eigenvalue weighted by Gasteiger charge is 2.15. The van der Waals surface area contributed by atoms with Gasteiger partial charge in [-0.1, -0.05) is 0 Å². The summed E-state index contributed by atoms with van der Waals surface area (Å²) in [6.45, 7) is 0.135. The number of nitrogens with zero attached hydrogens (tertiary/aromatic N) is 3. The number of rotatable bonds is 4. The summed E-state index contributed by atoms with van der Waals surface area (Å²) < 4.78 is 0. The van der Waals surface area contributed by atoms with Gasteiger partial charge in [-0.15, -0.1) is 0 Å².